The Bertz CT molecular complexity index is 1140. The highest BCUT2D eigenvalue weighted by molar-refractivity contribution is 5.93. The first kappa shape index (κ1) is 18.8. The van der Waals surface area contributed by atoms with Crippen molar-refractivity contribution in [1.82, 2.24) is 15.3 Å². The van der Waals surface area contributed by atoms with E-state index in [9.17, 15) is 9.90 Å². The Morgan fingerprint density at radius 2 is 1.52 bits per heavy atom. The summed E-state index contributed by atoms with van der Waals surface area (Å²) in [5.41, 5.74) is 3.30. The molecule has 0 aliphatic carbocycles. The van der Waals surface area contributed by atoms with Crippen LogP contribution < -0.4 is 5.32 Å². The number of aliphatic hydroxyl groups is 1. The number of aromatic nitrogens is 2. The van der Waals surface area contributed by atoms with Gasteiger partial charge in [0, 0.05) is 0 Å². The average Bonchev–Trinajstić information content (AvgIpc) is 2.78. The number of rotatable bonds is 5. The van der Waals surface area contributed by atoms with Gasteiger partial charge in [-0.15, -0.1) is 0 Å². The highest BCUT2D eigenvalue weighted by Crippen LogP contribution is 2.25. The predicted octanol–water partition coefficient (Wildman–Crippen LogP) is 3.93. The summed E-state index contributed by atoms with van der Waals surface area (Å²) in [4.78, 5) is 21.1. The maximum absolute atomic E-state index is 12.5. The van der Waals surface area contributed by atoms with Gasteiger partial charge in [0.05, 0.1) is 23.8 Å². The van der Waals surface area contributed by atoms with Gasteiger partial charge in [-0.25, -0.2) is 4.98 Å². The quantitative estimate of drug-likeness (QED) is 0.547. The second-order valence-corrected chi connectivity index (χ2v) is 7.14. The third kappa shape index (κ3) is 4.15. The van der Waals surface area contributed by atoms with Crippen molar-refractivity contribution >= 4 is 16.9 Å². The van der Waals surface area contributed by atoms with E-state index in [1.807, 2.05) is 78.9 Å². The molecule has 4 rings (SSSR count). The highest BCUT2D eigenvalue weighted by Gasteiger charge is 2.24. The van der Waals surface area contributed by atoms with Crippen LogP contribution >= 0.6 is 0 Å². The Hall–Kier alpha value is -3.57. The second-order valence-electron chi connectivity index (χ2n) is 7.14. The minimum absolute atomic E-state index is 0.0605. The van der Waals surface area contributed by atoms with Crippen LogP contribution in [0, 0.1) is 0 Å². The Kier molecular flexibility index (Phi) is 5.06. The highest BCUT2D eigenvalue weighted by atomic mass is 16.3. The Labute approximate surface area is 169 Å². The molecule has 4 aromatic rings. The van der Waals surface area contributed by atoms with Crippen molar-refractivity contribution in [2.45, 2.75) is 12.5 Å². The third-order valence-electron chi connectivity index (χ3n) is 4.89. The van der Waals surface area contributed by atoms with Gasteiger partial charge < -0.3 is 10.4 Å². The van der Waals surface area contributed by atoms with Gasteiger partial charge in [-0.1, -0.05) is 66.7 Å². The number of carbonyl (C=O) groups excluding carboxylic acids is 1. The second kappa shape index (κ2) is 7.81. The smallest absolute Gasteiger partial charge is 0.271 e. The molecule has 1 amide bonds. The Morgan fingerprint density at radius 3 is 2.24 bits per heavy atom. The summed E-state index contributed by atoms with van der Waals surface area (Å²) < 4.78 is 0. The number of fused-ring (bicyclic) bond motifs is 1. The number of hydrogen-bond donors (Lipinski definition) is 2. The molecule has 0 aliphatic heterocycles. The summed E-state index contributed by atoms with van der Waals surface area (Å²) in [6, 6.07) is 25.1. The molecule has 1 atom stereocenters. The number of nitrogens with zero attached hydrogens (tertiary/aromatic N) is 2. The third-order valence-corrected chi connectivity index (χ3v) is 4.89. The molecule has 0 spiro atoms. The van der Waals surface area contributed by atoms with E-state index < -0.39 is 5.60 Å². The summed E-state index contributed by atoms with van der Waals surface area (Å²) in [5, 5.41) is 13.6. The van der Waals surface area contributed by atoms with E-state index in [0.29, 0.717) is 5.52 Å². The molecule has 1 aromatic heterocycles. The number of amides is 1. The van der Waals surface area contributed by atoms with Gasteiger partial charge in [-0.2, -0.15) is 0 Å². The normalized spacial score (nSPS) is 13.0. The molecule has 0 aliphatic rings. The van der Waals surface area contributed by atoms with Crippen molar-refractivity contribution in [3.8, 4) is 11.1 Å². The molecule has 3 aromatic carbocycles. The minimum atomic E-state index is -1.21. The van der Waals surface area contributed by atoms with Gasteiger partial charge in [0.25, 0.3) is 5.91 Å². The van der Waals surface area contributed by atoms with Crippen molar-refractivity contribution < 1.29 is 9.90 Å². The van der Waals surface area contributed by atoms with Crippen LogP contribution in [0.5, 0.6) is 0 Å². The van der Waals surface area contributed by atoms with E-state index >= 15 is 0 Å². The maximum Gasteiger partial charge on any atom is 0.271 e. The van der Waals surface area contributed by atoms with Crippen molar-refractivity contribution in [2.75, 3.05) is 6.54 Å². The molecule has 0 saturated carbocycles. The van der Waals surface area contributed by atoms with Gasteiger partial charge >= 0.3 is 0 Å². The van der Waals surface area contributed by atoms with Crippen LogP contribution in [0.3, 0.4) is 0 Å². The van der Waals surface area contributed by atoms with E-state index in [4.69, 9.17) is 0 Å². The van der Waals surface area contributed by atoms with Gasteiger partial charge in [-0.05, 0) is 35.7 Å². The number of benzene rings is 3. The summed E-state index contributed by atoms with van der Waals surface area (Å²) in [7, 11) is 0. The Morgan fingerprint density at radius 1 is 0.897 bits per heavy atom. The van der Waals surface area contributed by atoms with Crippen molar-refractivity contribution in [2.24, 2.45) is 0 Å². The molecule has 1 unspecified atom stereocenters. The zero-order valence-electron chi connectivity index (χ0n) is 16.0. The lowest BCUT2D eigenvalue weighted by Gasteiger charge is -2.24. The number of nitrogens with one attached hydrogen (secondary N) is 1. The largest absolute Gasteiger partial charge is 0.384 e. The van der Waals surface area contributed by atoms with Crippen molar-refractivity contribution in [3.05, 3.63) is 96.3 Å². The molecule has 2 N–H and O–H groups in total. The van der Waals surface area contributed by atoms with Crippen LogP contribution in [0.15, 0.2) is 85.1 Å². The van der Waals surface area contributed by atoms with E-state index in [1.165, 1.54) is 6.20 Å². The number of carbonyl (C=O) groups is 1. The van der Waals surface area contributed by atoms with Crippen LogP contribution in [0.25, 0.3) is 22.2 Å². The molecule has 0 bridgehead atoms. The fourth-order valence-electron chi connectivity index (χ4n) is 3.16. The zero-order chi connectivity index (χ0) is 20.3. The van der Waals surface area contributed by atoms with Crippen LogP contribution in [-0.2, 0) is 5.60 Å². The number of para-hydroxylation sites is 2. The lowest BCUT2D eigenvalue weighted by molar-refractivity contribution is 0.0525. The molecule has 0 radical (unpaired) electrons. The van der Waals surface area contributed by atoms with Gasteiger partial charge in [0.2, 0.25) is 0 Å². The standard InChI is InChI=1S/C24H21N3O2/c1-24(29,19-13-11-18(12-14-19)17-7-3-2-4-8-17)16-26-23(28)22-15-25-20-9-5-6-10-21(20)27-22/h2-15,29H,16H2,1H3,(H,26,28). The molecular formula is C24H21N3O2. The molecule has 0 saturated heterocycles. The van der Waals surface area contributed by atoms with E-state index in [2.05, 4.69) is 15.3 Å². The molecule has 5 heteroatoms. The summed E-state index contributed by atoms with van der Waals surface area (Å²) >= 11 is 0. The van der Waals surface area contributed by atoms with Gasteiger partial charge in [0.1, 0.15) is 11.3 Å². The van der Waals surface area contributed by atoms with Crippen molar-refractivity contribution in [3.63, 3.8) is 0 Å². The zero-order valence-corrected chi connectivity index (χ0v) is 16.0. The van der Waals surface area contributed by atoms with E-state index in [1.54, 1.807) is 6.92 Å². The molecule has 0 fully saturated rings. The van der Waals surface area contributed by atoms with Gasteiger partial charge in [0.15, 0.2) is 0 Å². The van der Waals surface area contributed by atoms with E-state index in [0.717, 1.165) is 22.2 Å². The van der Waals surface area contributed by atoms with Crippen LogP contribution in [0.1, 0.15) is 23.0 Å². The summed E-state index contributed by atoms with van der Waals surface area (Å²) in [5.74, 6) is -0.371. The lowest BCUT2D eigenvalue weighted by Crippen LogP contribution is -2.38. The fourth-order valence-corrected chi connectivity index (χ4v) is 3.16. The van der Waals surface area contributed by atoms with Crippen molar-refractivity contribution in [1.29, 1.82) is 0 Å². The molecule has 29 heavy (non-hydrogen) atoms. The van der Waals surface area contributed by atoms with Crippen LogP contribution in [-0.4, -0.2) is 27.5 Å². The van der Waals surface area contributed by atoms with Crippen LogP contribution in [0.2, 0.25) is 0 Å². The lowest BCUT2D eigenvalue weighted by atomic mass is 9.93. The summed E-state index contributed by atoms with van der Waals surface area (Å²) in [6.45, 7) is 1.74. The fraction of sp³-hybridized carbons (Fsp3) is 0.125. The average molecular weight is 383 g/mol. The Balaban J connectivity index is 1.45. The number of hydrogen-bond acceptors (Lipinski definition) is 4. The monoisotopic (exact) mass is 383 g/mol. The SMILES string of the molecule is CC(O)(CNC(=O)c1cnc2ccccc2n1)c1ccc(-c2ccccc2)cc1. The van der Waals surface area contributed by atoms with E-state index in [-0.39, 0.29) is 18.1 Å². The minimum Gasteiger partial charge on any atom is -0.384 e. The first-order chi connectivity index (χ1) is 14.0. The van der Waals surface area contributed by atoms with Crippen LogP contribution in [0.4, 0.5) is 0 Å². The molecule has 5 nitrogen and oxygen atoms in total. The molecular weight excluding hydrogens is 362 g/mol. The topological polar surface area (TPSA) is 75.1 Å². The first-order valence-corrected chi connectivity index (χ1v) is 9.41. The first-order valence-electron chi connectivity index (χ1n) is 9.41. The molecule has 144 valence electrons. The maximum atomic E-state index is 12.5. The molecule has 1 heterocycles. The predicted molar refractivity (Wildman–Crippen MR) is 113 cm³/mol. The van der Waals surface area contributed by atoms with Gasteiger partial charge in [-0.3, -0.25) is 9.78 Å². The summed E-state index contributed by atoms with van der Waals surface area (Å²) in [6.07, 6.45) is 1.45.